The Hall–Kier alpha value is -1.33. The number of carbonyl (C=O) groups excluding carboxylic acids is 1. The molecule has 0 spiro atoms. The number of nitrogens with two attached hydrogens (primary N) is 1. The summed E-state index contributed by atoms with van der Waals surface area (Å²) in [5.41, 5.74) is 6.84. The Kier molecular flexibility index (Phi) is 7.79. The van der Waals surface area contributed by atoms with Gasteiger partial charge >= 0.3 is 0 Å². The number of anilines is 1. The van der Waals surface area contributed by atoms with Crippen molar-refractivity contribution in [3.8, 4) is 0 Å². The molecular weight excluding hydrogens is 317 g/mol. The normalized spacial score (nSPS) is 20.3. The van der Waals surface area contributed by atoms with E-state index in [9.17, 15) is 9.18 Å². The zero-order valence-corrected chi connectivity index (χ0v) is 14.6. The molecule has 1 aromatic carbocycles. The lowest BCUT2D eigenvalue weighted by atomic mass is 9.98. The summed E-state index contributed by atoms with van der Waals surface area (Å²) in [5.74, 6) is -0.147. The molecule has 3 unspecified atom stereocenters. The first-order valence-corrected chi connectivity index (χ1v) is 8.07. The van der Waals surface area contributed by atoms with Crippen molar-refractivity contribution < 1.29 is 9.18 Å². The molecule has 6 heteroatoms. The largest absolute Gasteiger partial charge is 0.369 e. The van der Waals surface area contributed by atoms with Gasteiger partial charge < -0.3 is 16.0 Å². The number of nitrogens with zero attached hydrogens (tertiary/aromatic N) is 1. The topological polar surface area (TPSA) is 58.4 Å². The Balaban J connectivity index is 0.00000264. The summed E-state index contributed by atoms with van der Waals surface area (Å²) in [6.07, 6.45) is 2.79. The molecule has 1 fully saturated rings. The van der Waals surface area contributed by atoms with Crippen molar-refractivity contribution in [1.29, 1.82) is 0 Å². The van der Waals surface area contributed by atoms with Gasteiger partial charge in [-0.05, 0) is 37.0 Å². The predicted octanol–water partition coefficient (Wildman–Crippen LogP) is 2.71. The van der Waals surface area contributed by atoms with Gasteiger partial charge in [0.1, 0.15) is 5.82 Å². The molecule has 3 N–H and O–H groups in total. The fourth-order valence-corrected chi connectivity index (χ4v) is 2.81. The van der Waals surface area contributed by atoms with Crippen molar-refractivity contribution in [2.45, 2.75) is 45.2 Å². The highest BCUT2D eigenvalue weighted by atomic mass is 35.5. The summed E-state index contributed by atoms with van der Waals surface area (Å²) in [4.78, 5) is 14.3. The molecule has 1 saturated heterocycles. The van der Waals surface area contributed by atoms with E-state index in [1.54, 1.807) is 6.07 Å². The van der Waals surface area contributed by atoms with Crippen molar-refractivity contribution in [3.05, 3.63) is 30.1 Å². The monoisotopic (exact) mass is 343 g/mol. The molecule has 1 aromatic rings. The second kappa shape index (κ2) is 9.08. The molecule has 0 radical (unpaired) electrons. The smallest absolute Gasteiger partial charge is 0.237 e. The van der Waals surface area contributed by atoms with Crippen LogP contribution in [0.15, 0.2) is 24.3 Å². The standard InChI is InChI=1S/C17H26FN3O.ClH/c1-3-12(2)16(19)17(22)20-14-7-5-9-21(11-14)15-8-4-6-13(18)10-15;/h4,6,8,10,12,14,16H,3,5,7,9,11,19H2,1-2H3,(H,20,22);1H. The van der Waals surface area contributed by atoms with Crippen LogP contribution in [0, 0.1) is 11.7 Å². The van der Waals surface area contributed by atoms with Crippen molar-refractivity contribution in [2.75, 3.05) is 18.0 Å². The summed E-state index contributed by atoms with van der Waals surface area (Å²) in [6.45, 7) is 5.60. The fraction of sp³-hybridized carbons (Fsp3) is 0.588. The number of halogens is 2. The molecule has 0 aromatic heterocycles. The van der Waals surface area contributed by atoms with E-state index in [0.29, 0.717) is 6.54 Å². The van der Waals surface area contributed by atoms with Gasteiger partial charge in [-0.1, -0.05) is 26.3 Å². The van der Waals surface area contributed by atoms with Gasteiger partial charge in [-0.15, -0.1) is 12.4 Å². The number of piperidine rings is 1. The Morgan fingerprint density at radius 3 is 2.91 bits per heavy atom. The molecule has 23 heavy (non-hydrogen) atoms. The van der Waals surface area contributed by atoms with E-state index in [1.165, 1.54) is 12.1 Å². The second-order valence-electron chi connectivity index (χ2n) is 6.18. The third-order valence-corrected chi connectivity index (χ3v) is 4.50. The van der Waals surface area contributed by atoms with E-state index >= 15 is 0 Å². The van der Waals surface area contributed by atoms with Crippen LogP contribution in [0.3, 0.4) is 0 Å². The maximum atomic E-state index is 13.4. The number of amides is 1. The van der Waals surface area contributed by atoms with Crippen molar-refractivity contribution in [2.24, 2.45) is 11.7 Å². The van der Waals surface area contributed by atoms with Crippen LogP contribution < -0.4 is 16.0 Å². The van der Waals surface area contributed by atoms with E-state index in [-0.39, 0.29) is 36.1 Å². The zero-order chi connectivity index (χ0) is 16.1. The van der Waals surface area contributed by atoms with Crippen molar-refractivity contribution >= 4 is 24.0 Å². The molecule has 1 aliphatic heterocycles. The Morgan fingerprint density at radius 1 is 1.52 bits per heavy atom. The van der Waals surface area contributed by atoms with Gasteiger partial charge in [0.2, 0.25) is 5.91 Å². The van der Waals surface area contributed by atoms with Gasteiger partial charge in [-0.2, -0.15) is 0 Å². The molecule has 1 amide bonds. The van der Waals surface area contributed by atoms with E-state index in [4.69, 9.17) is 5.73 Å². The van der Waals surface area contributed by atoms with Crippen LogP contribution in [-0.4, -0.2) is 31.1 Å². The molecule has 1 heterocycles. The Morgan fingerprint density at radius 2 is 2.26 bits per heavy atom. The van der Waals surface area contributed by atoms with Gasteiger partial charge in [-0.3, -0.25) is 4.79 Å². The predicted molar refractivity (Wildman–Crippen MR) is 94.5 cm³/mol. The highest BCUT2D eigenvalue weighted by molar-refractivity contribution is 5.85. The Bertz CT molecular complexity index is 514. The van der Waals surface area contributed by atoms with Gasteiger partial charge in [-0.25, -0.2) is 4.39 Å². The molecule has 0 bridgehead atoms. The minimum Gasteiger partial charge on any atom is -0.369 e. The number of benzene rings is 1. The average molecular weight is 344 g/mol. The molecule has 3 atom stereocenters. The molecule has 0 saturated carbocycles. The first-order valence-electron chi connectivity index (χ1n) is 8.07. The van der Waals surface area contributed by atoms with E-state index in [1.807, 2.05) is 19.9 Å². The lowest BCUT2D eigenvalue weighted by Gasteiger charge is -2.35. The number of carbonyl (C=O) groups is 1. The molecule has 4 nitrogen and oxygen atoms in total. The van der Waals surface area contributed by atoms with Crippen LogP contribution in [0.25, 0.3) is 0 Å². The summed E-state index contributed by atoms with van der Waals surface area (Å²) in [6, 6.07) is 6.20. The minimum absolute atomic E-state index is 0. The molecule has 1 aliphatic rings. The summed E-state index contributed by atoms with van der Waals surface area (Å²) in [7, 11) is 0. The third-order valence-electron chi connectivity index (χ3n) is 4.50. The van der Waals surface area contributed by atoms with Crippen LogP contribution in [-0.2, 0) is 4.79 Å². The SMILES string of the molecule is CCC(C)C(N)C(=O)NC1CCCN(c2cccc(F)c2)C1.Cl. The summed E-state index contributed by atoms with van der Waals surface area (Å²) < 4.78 is 13.4. The van der Waals surface area contributed by atoms with Crippen LogP contribution in [0.1, 0.15) is 33.1 Å². The van der Waals surface area contributed by atoms with Gasteiger partial charge in [0.25, 0.3) is 0 Å². The quantitative estimate of drug-likeness (QED) is 0.864. The van der Waals surface area contributed by atoms with E-state index < -0.39 is 6.04 Å². The highest BCUT2D eigenvalue weighted by Crippen LogP contribution is 2.21. The number of rotatable bonds is 5. The lowest BCUT2D eigenvalue weighted by Crippen LogP contribution is -2.53. The first-order chi connectivity index (χ1) is 10.5. The van der Waals surface area contributed by atoms with Crippen LogP contribution >= 0.6 is 12.4 Å². The second-order valence-corrected chi connectivity index (χ2v) is 6.18. The average Bonchev–Trinajstić information content (AvgIpc) is 2.53. The summed E-state index contributed by atoms with van der Waals surface area (Å²) >= 11 is 0. The molecule has 2 rings (SSSR count). The van der Waals surface area contributed by atoms with Crippen molar-refractivity contribution in [3.63, 3.8) is 0 Å². The summed E-state index contributed by atoms with van der Waals surface area (Å²) in [5, 5.41) is 3.05. The minimum atomic E-state index is -0.463. The highest BCUT2D eigenvalue weighted by Gasteiger charge is 2.25. The maximum Gasteiger partial charge on any atom is 0.237 e. The van der Waals surface area contributed by atoms with Crippen molar-refractivity contribution in [1.82, 2.24) is 5.32 Å². The van der Waals surface area contributed by atoms with Crippen LogP contribution in [0.5, 0.6) is 0 Å². The third kappa shape index (κ3) is 5.36. The van der Waals surface area contributed by atoms with Gasteiger partial charge in [0.15, 0.2) is 0 Å². The van der Waals surface area contributed by atoms with Crippen LogP contribution in [0.4, 0.5) is 10.1 Å². The van der Waals surface area contributed by atoms with Crippen LogP contribution in [0.2, 0.25) is 0 Å². The number of hydrogen-bond donors (Lipinski definition) is 2. The maximum absolute atomic E-state index is 13.4. The molecular formula is C17H27ClFN3O. The fourth-order valence-electron chi connectivity index (χ4n) is 2.81. The number of hydrogen-bond acceptors (Lipinski definition) is 3. The van der Waals surface area contributed by atoms with E-state index in [0.717, 1.165) is 31.5 Å². The van der Waals surface area contributed by atoms with Gasteiger partial charge in [0, 0.05) is 24.8 Å². The number of nitrogens with one attached hydrogen (secondary N) is 1. The lowest BCUT2D eigenvalue weighted by molar-refractivity contribution is -0.124. The molecule has 0 aliphatic carbocycles. The van der Waals surface area contributed by atoms with E-state index in [2.05, 4.69) is 10.2 Å². The Labute approximate surface area is 144 Å². The van der Waals surface area contributed by atoms with Gasteiger partial charge in [0.05, 0.1) is 6.04 Å². The first kappa shape index (κ1) is 19.7. The zero-order valence-electron chi connectivity index (χ0n) is 13.8. The molecule has 130 valence electrons.